The number of aliphatic hydroxyl groups is 4. The van der Waals surface area contributed by atoms with E-state index < -0.39 is 37.3 Å². The van der Waals surface area contributed by atoms with Gasteiger partial charge in [-0.3, -0.25) is 0 Å². The SMILES string of the molecule is CC=Cc1ccc(OC2OC(CO)C(O)C(O)C2O)cc1. The molecule has 0 saturated carbocycles. The summed E-state index contributed by atoms with van der Waals surface area (Å²) < 4.78 is 10.7. The Labute approximate surface area is 122 Å². The molecule has 0 bridgehead atoms. The minimum atomic E-state index is -1.44. The molecule has 6 nitrogen and oxygen atoms in total. The molecule has 116 valence electrons. The lowest BCUT2D eigenvalue weighted by atomic mass is 9.99. The first-order valence-corrected chi connectivity index (χ1v) is 6.76. The molecule has 1 aromatic rings. The molecule has 2 rings (SSSR count). The van der Waals surface area contributed by atoms with Crippen LogP contribution >= 0.6 is 0 Å². The number of allylic oxidation sites excluding steroid dienone is 1. The zero-order valence-electron chi connectivity index (χ0n) is 11.7. The molecular weight excluding hydrogens is 276 g/mol. The van der Waals surface area contributed by atoms with Crippen molar-refractivity contribution in [3.8, 4) is 5.75 Å². The number of ether oxygens (including phenoxy) is 2. The fraction of sp³-hybridized carbons (Fsp3) is 0.467. The quantitative estimate of drug-likeness (QED) is 0.619. The summed E-state index contributed by atoms with van der Waals surface area (Å²) in [5.41, 5.74) is 0.999. The van der Waals surface area contributed by atoms with Gasteiger partial charge in [0.15, 0.2) is 0 Å². The minimum Gasteiger partial charge on any atom is -0.462 e. The van der Waals surface area contributed by atoms with Crippen LogP contribution in [0.4, 0.5) is 0 Å². The molecule has 0 aromatic heterocycles. The summed E-state index contributed by atoms with van der Waals surface area (Å²) in [4.78, 5) is 0. The number of aliphatic hydroxyl groups excluding tert-OH is 4. The Morgan fingerprint density at radius 3 is 2.33 bits per heavy atom. The molecule has 1 aromatic carbocycles. The van der Waals surface area contributed by atoms with E-state index >= 15 is 0 Å². The van der Waals surface area contributed by atoms with Crippen molar-refractivity contribution in [2.75, 3.05) is 6.61 Å². The maximum atomic E-state index is 9.87. The molecule has 0 aliphatic carbocycles. The monoisotopic (exact) mass is 296 g/mol. The molecule has 0 spiro atoms. The smallest absolute Gasteiger partial charge is 0.229 e. The van der Waals surface area contributed by atoms with Crippen molar-refractivity contribution in [1.82, 2.24) is 0 Å². The lowest BCUT2D eigenvalue weighted by Crippen LogP contribution is -2.60. The van der Waals surface area contributed by atoms with Gasteiger partial charge in [0.1, 0.15) is 30.2 Å². The third kappa shape index (κ3) is 3.61. The van der Waals surface area contributed by atoms with Crippen LogP contribution in [0.5, 0.6) is 5.75 Å². The maximum absolute atomic E-state index is 9.87. The largest absolute Gasteiger partial charge is 0.462 e. The van der Waals surface area contributed by atoms with Gasteiger partial charge in [0.2, 0.25) is 6.29 Å². The van der Waals surface area contributed by atoms with E-state index in [4.69, 9.17) is 14.6 Å². The van der Waals surface area contributed by atoms with E-state index in [1.54, 1.807) is 12.1 Å². The van der Waals surface area contributed by atoms with Gasteiger partial charge in [0.05, 0.1) is 6.61 Å². The van der Waals surface area contributed by atoms with E-state index in [0.717, 1.165) is 5.56 Å². The van der Waals surface area contributed by atoms with Crippen LogP contribution in [-0.2, 0) is 4.74 Å². The summed E-state index contributed by atoms with van der Waals surface area (Å²) in [5.74, 6) is 0.451. The van der Waals surface area contributed by atoms with Gasteiger partial charge in [-0.1, -0.05) is 24.3 Å². The van der Waals surface area contributed by atoms with Gasteiger partial charge in [-0.25, -0.2) is 0 Å². The van der Waals surface area contributed by atoms with Crippen LogP contribution in [0.1, 0.15) is 12.5 Å². The summed E-state index contributed by atoms with van der Waals surface area (Å²) >= 11 is 0. The highest BCUT2D eigenvalue weighted by atomic mass is 16.7. The van der Waals surface area contributed by atoms with Crippen molar-refractivity contribution >= 4 is 6.08 Å². The topological polar surface area (TPSA) is 99.4 Å². The first-order chi connectivity index (χ1) is 10.1. The van der Waals surface area contributed by atoms with Gasteiger partial charge in [-0.15, -0.1) is 0 Å². The van der Waals surface area contributed by atoms with Gasteiger partial charge < -0.3 is 29.9 Å². The molecule has 21 heavy (non-hydrogen) atoms. The van der Waals surface area contributed by atoms with Crippen molar-refractivity contribution in [3.05, 3.63) is 35.9 Å². The van der Waals surface area contributed by atoms with Crippen LogP contribution in [0, 0.1) is 0 Å². The third-order valence-electron chi connectivity index (χ3n) is 3.34. The van der Waals surface area contributed by atoms with Crippen molar-refractivity contribution in [3.63, 3.8) is 0 Å². The highest BCUT2D eigenvalue weighted by Gasteiger charge is 2.44. The summed E-state index contributed by atoms with van der Waals surface area (Å²) in [6, 6.07) is 7.08. The minimum absolute atomic E-state index is 0.451. The van der Waals surface area contributed by atoms with E-state index in [-0.39, 0.29) is 0 Å². The van der Waals surface area contributed by atoms with E-state index in [2.05, 4.69) is 0 Å². The lowest BCUT2D eigenvalue weighted by Gasteiger charge is -2.39. The van der Waals surface area contributed by atoms with Gasteiger partial charge in [-0.05, 0) is 24.6 Å². The molecule has 6 heteroatoms. The molecule has 4 N–H and O–H groups in total. The highest BCUT2D eigenvalue weighted by Crippen LogP contribution is 2.24. The molecule has 1 aliphatic rings. The maximum Gasteiger partial charge on any atom is 0.229 e. The van der Waals surface area contributed by atoms with E-state index in [9.17, 15) is 15.3 Å². The molecule has 1 heterocycles. The van der Waals surface area contributed by atoms with Crippen LogP contribution in [0.3, 0.4) is 0 Å². The van der Waals surface area contributed by atoms with E-state index in [1.165, 1.54) is 0 Å². The van der Waals surface area contributed by atoms with Crippen LogP contribution in [0.2, 0.25) is 0 Å². The molecule has 1 saturated heterocycles. The van der Waals surface area contributed by atoms with Crippen LogP contribution in [-0.4, -0.2) is 57.7 Å². The summed E-state index contributed by atoms with van der Waals surface area (Å²) in [6.45, 7) is 1.43. The summed E-state index contributed by atoms with van der Waals surface area (Å²) in [5, 5.41) is 38.3. The van der Waals surface area contributed by atoms with Crippen LogP contribution in [0.15, 0.2) is 30.3 Å². The van der Waals surface area contributed by atoms with Gasteiger partial charge in [-0.2, -0.15) is 0 Å². The van der Waals surface area contributed by atoms with Gasteiger partial charge in [0.25, 0.3) is 0 Å². The molecule has 1 aliphatic heterocycles. The molecular formula is C15H20O6. The second kappa shape index (κ2) is 7.02. The van der Waals surface area contributed by atoms with Crippen molar-refractivity contribution in [2.45, 2.75) is 37.6 Å². The van der Waals surface area contributed by atoms with Crippen LogP contribution in [0.25, 0.3) is 6.08 Å². The number of hydrogen-bond donors (Lipinski definition) is 4. The van der Waals surface area contributed by atoms with E-state index in [0.29, 0.717) is 5.75 Å². The van der Waals surface area contributed by atoms with Gasteiger partial charge >= 0.3 is 0 Å². The number of benzene rings is 1. The Hall–Kier alpha value is -1.44. The fourth-order valence-electron chi connectivity index (χ4n) is 2.15. The molecule has 5 unspecified atom stereocenters. The highest BCUT2D eigenvalue weighted by molar-refractivity contribution is 5.50. The molecule has 0 radical (unpaired) electrons. The normalized spacial score (nSPS) is 33.3. The fourth-order valence-corrected chi connectivity index (χ4v) is 2.15. The standard InChI is InChI=1S/C15H20O6/c1-2-3-9-4-6-10(7-5-9)20-15-14(19)13(18)12(17)11(8-16)21-15/h2-7,11-19H,8H2,1H3. The van der Waals surface area contributed by atoms with E-state index in [1.807, 2.05) is 31.2 Å². The van der Waals surface area contributed by atoms with Crippen molar-refractivity contribution in [1.29, 1.82) is 0 Å². The van der Waals surface area contributed by atoms with Gasteiger partial charge in [0, 0.05) is 0 Å². The average molecular weight is 296 g/mol. The predicted molar refractivity (Wildman–Crippen MR) is 75.5 cm³/mol. The Kier molecular flexibility index (Phi) is 5.33. The molecule has 1 fully saturated rings. The van der Waals surface area contributed by atoms with Crippen molar-refractivity contribution < 1.29 is 29.9 Å². The number of rotatable bonds is 4. The number of hydrogen-bond acceptors (Lipinski definition) is 6. The molecule has 0 amide bonds. The van der Waals surface area contributed by atoms with Crippen molar-refractivity contribution in [2.24, 2.45) is 0 Å². The second-order valence-corrected chi connectivity index (χ2v) is 4.88. The third-order valence-corrected chi connectivity index (χ3v) is 3.34. The zero-order valence-corrected chi connectivity index (χ0v) is 11.7. The Balaban J connectivity index is 2.07. The average Bonchev–Trinajstić information content (AvgIpc) is 2.50. The lowest BCUT2D eigenvalue weighted by molar-refractivity contribution is -0.277. The summed E-state index contributed by atoms with van der Waals surface area (Å²) in [6.07, 6.45) is -2.53. The Morgan fingerprint density at radius 1 is 1.10 bits per heavy atom. The zero-order chi connectivity index (χ0) is 15.4. The molecule has 5 atom stereocenters. The Bertz CT molecular complexity index is 470. The summed E-state index contributed by atoms with van der Waals surface area (Å²) in [7, 11) is 0. The predicted octanol–water partition coefficient (Wildman–Crippen LogP) is -0.102. The first kappa shape index (κ1) is 15.9. The second-order valence-electron chi connectivity index (χ2n) is 4.88. The Morgan fingerprint density at radius 2 is 1.76 bits per heavy atom. The first-order valence-electron chi connectivity index (χ1n) is 6.76. The van der Waals surface area contributed by atoms with Crippen LogP contribution < -0.4 is 4.74 Å².